The molecular formula is C22H29N5O. The van der Waals surface area contributed by atoms with Crippen LogP contribution in [0.2, 0.25) is 0 Å². The molecule has 4 rings (SSSR count). The van der Waals surface area contributed by atoms with Crippen LogP contribution in [-0.4, -0.2) is 46.5 Å². The van der Waals surface area contributed by atoms with Gasteiger partial charge in [0.25, 0.3) is 5.91 Å². The number of carbonyl (C=O) groups is 1. The molecule has 1 aromatic carbocycles. The molecule has 2 fully saturated rings. The number of rotatable bonds is 4. The molecule has 2 aliphatic heterocycles. The van der Waals surface area contributed by atoms with E-state index in [9.17, 15) is 4.79 Å². The van der Waals surface area contributed by atoms with E-state index in [4.69, 9.17) is 0 Å². The van der Waals surface area contributed by atoms with E-state index in [0.29, 0.717) is 23.4 Å². The van der Waals surface area contributed by atoms with Crippen molar-refractivity contribution in [2.24, 2.45) is 5.92 Å². The van der Waals surface area contributed by atoms with E-state index in [1.807, 2.05) is 11.8 Å². The molecule has 1 amide bonds. The number of nitrogens with one attached hydrogen (secondary N) is 2. The normalized spacial score (nSPS) is 23.1. The SMILES string of the molecule is CCc1ncc(C(=O)N2CCC(C3NNCC3c3cccc(C)c3)CC2)cn1. The molecule has 1 aromatic heterocycles. The maximum atomic E-state index is 12.8. The first-order chi connectivity index (χ1) is 13.7. The van der Waals surface area contributed by atoms with E-state index in [1.54, 1.807) is 12.4 Å². The number of likely N-dealkylation sites (tertiary alicyclic amines) is 1. The largest absolute Gasteiger partial charge is 0.339 e. The van der Waals surface area contributed by atoms with Crippen molar-refractivity contribution in [1.29, 1.82) is 0 Å². The van der Waals surface area contributed by atoms with Gasteiger partial charge in [0.05, 0.1) is 5.56 Å². The molecule has 148 valence electrons. The molecule has 6 heteroatoms. The molecular weight excluding hydrogens is 350 g/mol. The topological polar surface area (TPSA) is 70.2 Å². The molecule has 0 aliphatic carbocycles. The summed E-state index contributed by atoms with van der Waals surface area (Å²) in [7, 11) is 0. The Kier molecular flexibility index (Phi) is 5.69. The first kappa shape index (κ1) is 19.0. The number of amides is 1. The molecule has 2 atom stereocenters. The van der Waals surface area contributed by atoms with E-state index >= 15 is 0 Å². The first-order valence-corrected chi connectivity index (χ1v) is 10.3. The number of aryl methyl sites for hydroxylation is 2. The van der Waals surface area contributed by atoms with Crippen LogP contribution in [-0.2, 0) is 6.42 Å². The number of hydrogen-bond acceptors (Lipinski definition) is 5. The van der Waals surface area contributed by atoms with Gasteiger partial charge in [-0.3, -0.25) is 15.6 Å². The van der Waals surface area contributed by atoms with Crippen molar-refractivity contribution in [3.05, 3.63) is 59.2 Å². The fourth-order valence-electron chi connectivity index (χ4n) is 4.48. The average Bonchev–Trinajstić information content (AvgIpc) is 3.23. The Bertz CT molecular complexity index is 814. The zero-order chi connectivity index (χ0) is 19.5. The van der Waals surface area contributed by atoms with Crippen LogP contribution >= 0.6 is 0 Å². The lowest BCUT2D eigenvalue weighted by Crippen LogP contribution is -2.45. The molecule has 0 spiro atoms. The Morgan fingerprint density at radius 2 is 1.96 bits per heavy atom. The lowest BCUT2D eigenvalue weighted by molar-refractivity contribution is 0.0669. The van der Waals surface area contributed by atoms with Crippen molar-refractivity contribution in [2.45, 2.75) is 45.1 Å². The van der Waals surface area contributed by atoms with Crippen LogP contribution in [0, 0.1) is 12.8 Å². The highest BCUT2D eigenvalue weighted by Gasteiger charge is 2.37. The third kappa shape index (κ3) is 3.93. The van der Waals surface area contributed by atoms with E-state index < -0.39 is 0 Å². The van der Waals surface area contributed by atoms with E-state index in [0.717, 1.165) is 44.7 Å². The van der Waals surface area contributed by atoms with E-state index in [-0.39, 0.29) is 5.91 Å². The Morgan fingerprint density at radius 1 is 1.21 bits per heavy atom. The van der Waals surface area contributed by atoms with Crippen molar-refractivity contribution in [3.63, 3.8) is 0 Å². The van der Waals surface area contributed by atoms with Gasteiger partial charge in [0.2, 0.25) is 0 Å². The van der Waals surface area contributed by atoms with Gasteiger partial charge in [0.1, 0.15) is 5.82 Å². The fraction of sp³-hybridized carbons (Fsp3) is 0.500. The molecule has 0 bridgehead atoms. The zero-order valence-corrected chi connectivity index (χ0v) is 16.7. The number of piperidine rings is 1. The Balaban J connectivity index is 1.38. The second-order valence-corrected chi connectivity index (χ2v) is 7.94. The van der Waals surface area contributed by atoms with Gasteiger partial charge < -0.3 is 4.90 Å². The summed E-state index contributed by atoms with van der Waals surface area (Å²) in [4.78, 5) is 23.2. The smallest absolute Gasteiger partial charge is 0.256 e. The van der Waals surface area contributed by atoms with Crippen LogP contribution in [0.1, 0.15) is 53.0 Å². The third-order valence-electron chi connectivity index (χ3n) is 6.10. The molecule has 2 aromatic rings. The summed E-state index contributed by atoms with van der Waals surface area (Å²) in [6.45, 7) is 6.69. The number of aromatic nitrogens is 2. The molecule has 2 aliphatic rings. The standard InChI is InChI=1S/C22H29N5O/c1-3-20-23-12-18(13-24-20)22(28)27-9-7-16(8-10-27)21-19(14-25-26-21)17-6-4-5-15(2)11-17/h4-6,11-13,16,19,21,25-26H,3,7-10,14H2,1-2H3. The Hall–Kier alpha value is -2.31. The maximum absolute atomic E-state index is 12.8. The van der Waals surface area contributed by atoms with Crippen LogP contribution in [0.25, 0.3) is 0 Å². The summed E-state index contributed by atoms with van der Waals surface area (Å²) in [6, 6.07) is 9.23. The quantitative estimate of drug-likeness (QED) is 0.854. The number of hydrazine groups is 1. The monoisotopic (exact) mass is 379 g/mol. The van der Waals surface area contributed by atoms with Crippen LogP contribution in [0.3, 0.4) is 0 Å². The van der Waals surface area contributed by atoms with Crippen LogP contribution in [0.4, 0.5) is 0 Å². The predicted molar refractivity (Wildman–Crippen MR) is 109 cm³/mol. The van der Waals surface area contributed by atoms with E-state index in [2.05, 4.69) is 52.0 Å². The van der Waals surface area contributed by atoms with Gasteiger partial charge in [-0.05, 0) is 31.2 Å². The Labute approximate surface area is 166 Å². The minimum absolute atomic E-state index is 0.0499. The zero-order valence-electron chi connectivity index (χ0n) is 16.7. The van der Waals surface area contributed by atoms with Crippen molar-refractivity contribution >= 4 is 5.91 Å². The average molecular weight is 380 g/mol. The second kappa shape index (κ2) is 8.37. The Morgan fingerprint density at radius 3 is 2.64 bits per heavy atom. The summed E-state index contributed by atoms with van der Waals surface area (Å²) < 4.78 is 0. The lowest BCUT2D eigenvalue weighted by atomic mass is 9.80. The summed E-state index contributed by atoms with van der Waals surface area (Å²) >= 11 is 0. The molecule has 0 saturated carbocycles. The molecule has 2 N–H and O–H groups in total. The summed E-state index contributed by atoms with van der Waals surface area (Å²) in [5.74, 6) is 1.86. The number of nitrogens with zero attached hydrogens (tertiary/aromatic N) is 3. The number of benzene rings is 1. The van der Waals surface area contributed by atoms with Gasteiger partial charge in [-0.25, -0.2) is 9.97 Å². The number of hydrogen-bond donors (Lipinski definition) is 2. The highest BCUT2D eigenvalue weighted by Crippen LogP contribution is 2.32. The highest BCUT2D eigenvalue weighted by atomic mass is 16.2. The van der Waals surface area contributed by atoms with Gasteiger partial charge in [-0.15, -0.1) is 0 Å². The highest BCUT2D eigenvalue weighted by molar-refractivity contribution is 5.93. The summed E-state index contributed by atoms with van der Waals surface area (Å²) in [5.41, 5.74) is 10.2. The lowest BCUT2D eigenvalue weighted by Gasteiger charge is -2.36. The second-order valence-electron chi connectivity index (χ2n) is 7.94. The number of carbonyl (C=O) groups excluding carboxylic acids is 1. The van der Waals surface area contributed by atoms with Crippen LogP contribution in [0.5, 0.6) is 0 Å². The maximum Gasteiger partial charge on any atom is 0.256 e. The van der Waals surface area contributed by atoms with E-state index in [1.165, 1.54) is 11.1 Å². The third-order valence-corrected chi connectivity index (χ3v) is 6.10. The van der Waals surface area contributed by atoms with Crippen molar-refractivity contribution in [1.82, 2.24) is 25.7 Å². The van der Waals surface area contributed by atoms with Crippen LogP contribution in [0.15, 0.2) is 36.7 Å². The van der Waals surface area contributed by atoms with Crippen LogP contribution < -0.4 is 10.9 Å². The minimum Gasteiger partial charge on any atom is -0.339 e. The fourth-order valence-corrected chi connectivity index (χ4v) is 4.48. The molecule has 2 unspecified atom stereocenters. The molecule has 0 radical (unpaired) electrons. The molecule has 28 heavy (non-hydrogen) atoms. The summed E-state index contributed by atoms with van der Waals surface area (Å²) in [5, 5.41) is 0. The minimum atomic E-state index is 0.0499. The first-order valence-electron chi connectivity index (χ1n) is 10.3. The van der Waals surface area contributed by atoms with Crippen molar-refractivity contribution < 1.29 is 4.79 Å². The molecule has 2 saturated heterocycles. The van der Waals surface area contributed by atoms with Gasteiger partial charge >= 0.3 is 0 Å². The molecule has 6 nitrogen and oxygen atoms in total. The van der Waals surface area contributed by atoms with Gasteiger partial charge in [0, 0.05) is 50.4 Å². The van der Waals surface area contributed by atoms with Gasteiger partial charge in [-0.1, -0.05) is 36.8 Å². The van der Waals surface area contributed by atoms with Gasteiger partial charge in [0.15, 0.2) is 0 Å². The van der Waals surface area contributed by atoms with Crippen molar-refractivity contribution in [2.75, 3.05) is 19.6 Å². The predicted octanol–water partition coefficient (Wildman–Crippen LogP) is 2.46. The van der Waals surface area contributed by atoms with Crippen molar-refractivity contribution in [3.8, 4) is 0 Å². The molecule has 3 heterocycles. The van der Waals surface area contributed by atoms with Gasteiger partial charge in [-0.2, -0.15) is 0 Å². The summed E-state index contributed by atoms with van der Waals surface area (Å²) in [6.07, 6.45) is 6.14.